The molecule has 6 heteroatoms. The first-order chi connectivity index (χ1) is 11.3. The molecule has 1 heterocycles. The Morgan fingerprint density at radius 1 is 1.12 bits per heavy atom. The summed E-state index contributed by atoms with van der Waals surface area (Å²) in [6.45, 7) is 10.4. The van der Waals surface area contributed by atoms with Crippen LogP contribution in [-0.4, -0.2) is 53.8 Å². The topological polar surface area (TPSA) is 52.7 Å². The monoisotopic (exact) mass is 351 g/mol. The maximum Gasteiger partial charge on any atom is 0.241 e. The molecule has 1 aliphatic heterocycles. The molecule has 1 saturated heterocycles. The molecule has 1 aliphatic rings. The van der Waals surface area contributed by atoms with Gasteiger partial charge in [0.05, 0.1) is 6.04 Å². The quantitative estimate of drug-likeness (QED) is 0.907. The number of nitrogens with one attached hydrogen (secondary N) is 1. The first-order valence-electron chi connectivity index (χ1n) is 8.40. The summed E-state index contributed by atoms with van der Waals surface area (Å²) in [7, 11) is 0. The molecule has 1 atom stereocenters. The highest BCUT2D eigenvalue weighted by Gasteiger charge is 2.28. The van der Waals surface area contributed by atoms with Gasteiger partial charge in [0.25, 0.3) is 0 Å². The maximum absolute atomic E-state index is 12.5. The SMILES string of the molecule is Cc1c(Cl)cccc1NC(=O)C(C)N1CCN(C(=O)C(C)C)CC1. The van der Waals surface area contributed by atoms with E-state index in [1.54, 1.807) is 6.07 Å². The first-order valence-corrected chi connectivity index (χ1v) is 8.78. The van der Waals surface area contributed by atoms with Crippen LogP contribution in [0, 0.1) is 12.8 Å². The molecule has 0 aliphatic carbocycles. The third kappa shape index (κ3) is 4.28. The van der Waals surface area contributed by atoms with Crippen molar-refractivity contribution in [2.75, 3.05) is 31.5 Å². The van der Waals surface area contributed by atoms with Gasteiger partial charge in [-0.05, 0) is 31.5 Å². The van der Waals surface area contributed by atoms with Gasteiger partial charge in [-0.1, -0.05) is 31.5 Å². The fraction of sp³-hybridized carbons (Fsp3) is 0.556. The van der Waals surface area contributed by atoms with Crippen molar-refractivity contribution in [2.24, 2.45) is 5.92 Å². The largest absolute Gasteiger partial charge is 0.340 e. The number of rotatable bonds is 4. The summed E-state index contributed by atoms with van der Waals surface area (Å²) >= 11 is 6.10. The lowest BCUT2D eigenvalue weighted by Crippen LogP contribution is -2.54. The maximum atomic E-state index is 12.5. The van der Waals surface area contributed by atoms with Crippen LogP contribution in [0.4, 0.5) is 5.69 Å². The summed E-state index contributed by atoms with van der Waals surface area (Å²) in [5, 5.41) is 3.59. The van der Waals surface area contributed by atoms with Crippen molar-refractivity contribution in [1.29, 1.82) is 0 Å². The van der Waals surface area contributed by atoms with E-state index in [2.05, 4.69) is 10.2 Å². The minimum absolute atomic E-state index is 0.0167. The van der Waals surface area contributed by atoms with Gasteiger partial charge in [0.1, 0.15) is 0 Å². The van der Waals surface area contributed by atoms with Crippen LogP contribution in [0.25, 0.3) is 0 Å². The van der Waals surface area contributed by atoms with E-state index in [0.717, 1.165) is 11.3 Å². The van der Waals surface area contributed by atoms with Gasteiger partial charge in [0, 0.05) is 42.8 Å². The number of nitrogens with zero attached hydrogens (tertiary/aromatic N) is 2. The summed E-state index contributed by atoms with van der Waals surface area (Å²) in [5.74, 6) is 0.147. The van der Waals surface area contributed by atoms with Gasteiger partial charge in [-0.2, -0.15) is 0 Å². The van der Waals surface area contributed by atoms with Gasteiger partial charge in [-0.15, -0.1) is 0 Å². The second kappa shape index (κ2) is 7.99. The molecule has 0 bridgehead atoms. The summed E-state index contributed by atoms with van der Waals surface area (Å²) < 4.78 is 0. The lowest BCUT2D eigenvalue weighted by Gasteiger charge is -2.38. The molecule has 0 aromatic heterocycles. The van der Waals surface area contributed by atoms with Crippen LogP contribution in [-0.2, 0) is 9.59 Å². The molecule has 1 aromatic carbocycles. The Balaban J connectivity index is 1.93. The van der Waals surface area contributed by atoms with Gasteiger partial charge >= 0.3 is 0 Å². The Kier molecular flexibility index (Phi) is 6.24. The molecule has 1 N–H and O–H groups in total. The van der Waals surface area contributed by atoms with E-state index >= 15 is 0 Å². The molecular formula is C18H26ClN3O2. The predicted octanol–water partition coefficient (Wildman–Crippen LogP) is 2.78. The number of piperazine rings is 1. The smallest absolute Gasteiger partial charge is 0.241 e. The van der Waals surface area contributed by atoms with Crippen molar-refractivity contribution in [3.05, 3.63) is 28.8 Å². The average molecular weight is 352 g/mol. The lowest BCUT2D eigenvalue weighted by atomic mass is 10.1. The predicted molar refractivity (Wildman–Crippen MR) is 97.3 cm³/mol. The van der Waals surface area contributed by atoms with E-state index in [-0.39, 0.29) is 23.8 Å². The number of halogens is 1. The van der Waals surface area contributed by atoms with Crippen LogP contribution < -0.4 is 5.32 Å². The van der Waals surface area contributed by atoms with Crippen molar-refractivity contribution in [2.45, 2.75) is 33.7 Å². The molecule has 1 unspecified atom stereocenters. The van der Waals surface area contributed by atoms with Crippen LogP contribution in [0.3, 0.4) is 0 Å². The number of anilines is 1. The molecule has 0 spiro atoms. The second-order valence-corrected chi connectivity index (χ2v) is 7.00. The molecule has 24 heavy (non-hydrogen) atoms. The van der Waals surface area contributed by atoms with Gasteiger partial charge in [-0.3, -0.25) is 14.5 Å². The molecular weight excluding hydrogens is 326 g/mol. The zero-order chi connectivity index (χ0) is 17.9. The Hall–Kier alpha value is -1.59. The van der Waals surface area contributed by atoms with E-state index in [4.69, 9.17) is 11.6 Å². The zero-order valence-electron chi connectivity index (χ0n) is 14.8. The van der Waals surface area contributed by atoms with E-state index in [9.17, 15) is 9.59 Å². The number of amides is 2. The third-order valence-corrected chi connectivity index (χ3v) is 4.98. The Bertz CT molecular complexity index is 610. The molecule has 1 aromatic rings. The van der Waals surface area contributed by atoms with Crippen LogP contribution in [0.2, 0.25) is 5.02 Å². The number of hydrogen-bond acceptors (Lipinski definition) is 3. The molecule has 2 amide bonds. The van der Waals surface area contributed by atoms with Crippen molar-refractivity contribution >= 4 is 29.1 Å². The van der Waals surface area contributed by atoms with Crippen LogP contribution in [0.5, 0.6) is 0 Å². The van der Waals surface area contributed by atoms with Crippen molar-refractivity contribution in [1.82, 2.24) is 9.80 Å². The van der Waals surface area contributed by atoms with E-state index < -0.39 is 0 Å². The molecule has 0 radical (unpaired) electrons. The van der Waals surface area contributed by atoms with Crippen molar-refractivity contribution in [3.63, 3.8) is 0 Å². The first kappa shape index (κ1) is 18.7. The van der Waals surface area contributed by atoms with E-state index in [1.807, 2.05) is 44.7 Å². The highest BCUT2D eigenvalue weighted by Crippen LogP contribution is 2.23. The lowest BCUT2D eigenvalue weighted by molar-refractivity contribution is -0.136. The van der Waals surface area contributed by atoms with Gasteiger partial charge in [0.15, 0.2) is 0 Å². The molecule has 1 fully saturated rings. The average Bonchev–Trinajstić information content (AvgIpc) is 2.57. The highest BCUT2D eigenvalue weighted by molar-refractivity contribution is 6.31. The van der Waals surface area contributed by atoms with Gasteiger partial charge < -0.3 is 10.2 Å². The van der Waals surface area contributed by atoms with E-state index in [0.29, 0.717) is 31.2 Å². The summed E-state index contributed by atoms with van der Waals surface area (Å²) in [6.07, 6.45) is 0. The van der Waals surface area contributed by atoms with Crippen LogP contribution in [0.15, 0.2) is 18.2 Å². The minimum atomic E-state index is -0.250. The Labute approximate surface area is 149 Å². The third-order valence-electron chi connectivity index (χ3n) is 4.57. The van der Waals surface area contributed by atoms with Gasteiger partial charge in [0.2, 0.25) is 11.8 Å². The second-order valence-electron chi connectivity index (χ2n) is 6.59. The fourth-order valence-electron chi connectivity index (χ4n) is 2.84. The number of carbonyl (C=O) groups excluding carboxylic acids is 2. The summed E-state index contributed by atoms with van der Waals surface area (Å²) in [5.41, 5.74) is 1.61. The van der Waals surface area contributed by atoms with Gasteiger partial charge in [-0.25, -0.2) is 0 Å². The van der Waals surface area contributed by atoms with Crippen LogP contribution in [0.1, 0.15) is 26.3 Å². The molecule has 5 nitrogen and oxygen atoms in total. The van der Waals surface area contributed by atoms with Crippen molar-refractivity contribution < 1.29 is 9.59 Å². The standard InChI is InChI=1S/C18H26ClN3O2/c1-12(2)18(24)22-10-8-21(9-11-22)14(4)17(23)20-16-7-5-6-15(19)13(16)3/h5-7,12,14H,8-11H2,1-4H3,(H,20,23). The molecule has 0 saturated carbocycles. The van der Waals surface area contributed by atoms with E-state index in [1.165, 1.54) is 0 Å². The summed E-state index contributed by atoms with van der Waals surface area (Å²) in [6, 6.07) is 5.23. The molecule has 2 rings (SSSR count). The normalized spacial score (nSPS) is 17.0. The summed E-state index contributed by atoms with van der Waals surface area (Å²) in [4.78, 5) is 28.5. The number of carbonyl (C=O) groups is 2. The Morgan fingerprint density at radius 2 is 1.75 bits per heavy atom. The minimum Gasteiger partial charge on any atom is -0.340 e. The van der Waals surface area contributed by atoms with Crippen LogP contribution >= 0.6 is 11.6 Å². The highest BCUT2D eigenvalue weighted by atomic mass is 35.5. The molecule has 132 valence electrons. The van der Waals surface area contributed by atoms with Crippen molar-refractivity contribution in [3.8, 4) is 0 Å². The zero-order valence-corrected chi connectivity index (χ0v) is 15.6. The number of benzene rings is 1. The fourth-order valence-corrected chi connectivity index (χ4v) is 3.02. The number of hydrogen-bond donors (Lipinski definition) is 1. The Morgan fingerprint density at radius 3 is 2.33 bits per heavy atom.